The number of aryl methyl sites for hydroxylation is 2. The SMILES string of the molecule is Cc1ccc(CN2C(C3CC3)CC(=O)CC2C2CC2)cc1C. The van der Waals surface area contributed by atoms with Gasteiger partial charge in [0, 0.05) is 31.5 Å². The molecule has 2 atom stereocenters. The van der Waals surface area contributed by atoms with Crippen LogP contribution in [0.25, 0.3) is 0 Å². The van der Waals surface area contributed by atoms with Gasteiger partial charge in [-0.15, -0.1) is 0 Å². The van der Waals surface area contributed by atoms with E-state index in [2.05, 4.69) is 36.9 Å². The van der Waals surface area contributed by atoms with Gasteiger partial charge >= 0.3 is 0 Å². The summed E-state index contributed by atoms with van der Waals surface area (Å²) in [7, 11) is 0. The lowest BCUT2D eigenvalue weighted by Gasteiger charge is -2.42. The molecule has 0 radical (unpaired) electrons. The lowest BCUT2D eigenvalue weighted by atomic mass is 9.88. The number of Topliss-reactive ketones (excluding diaryl/α,β-unsaturated/α-hetero) is 1. The maximum atomic E-state index is 12.2. The Bertz CT molecular complexity index is 561. The molecule has 0 bridgehead atoms. The number of ketones is 1. The van der Waals surface area contributed by atoms with Crippen molar-refractivity contribution in [2.45, 2.75) is 71.0 Å². The molecule has 0 amide bonds. The molecule has 1 aliphatic heterocycles. The Morgan fingerprint density at radius 1 is 0.955 bits per heavy atom. The fourth-order valence-electron chi connectivity index (χ4n) is 4.21. The van der Waals surface area contributed by atoms with Crippen LogP contribution in [0.1, 0.15) is 55.2 Å². The molecule has 2 saturated carbocycles. The number of likely N-dealkylation sites (tertiary alicyclic amines) is 1. The van der Waals surface area contributed by atoms with E-state index in [0.717, 1.165) is 31.2 Å². The van der Waals surface area contributed by atoms with Crippen LogP contribution in [0.2, 0.25) is 0 Å². The molecule has 3 fully saturated rings. The average Bonchev–Trinajstić information content (AvgIpc) is 3.37. The molecule has 2 nitrogen and oxygen atoms in total. The summed E-state index contributed by atoms with van der Waals surface area (Å²) in [5.41, 5.74) is 4.18. The van der Waals surface area contributed by atoms with Gasteiger partial charge in [0.2, 0.25) is 0 Å². The Hall–Kier alpha value is -1.15. The number of carbonyl (C=O) groups is 1. The minimum absolute atomic E-state index is 0.519. The van der Waals surface area contributed by atoms with Crippen molar-refractivity contribution in [3.63, 3.8) is 0 Å². The smallest absolute Gasteiger partial charge is 0.136 e. The van der Waals surface area contributed by atoms with Crippen molar-refractivity contribution in [1.29, 1.82) is 0 Å². The third-order valence-electron chi connectivity index (χ3n) is 5.99. The predicted octanol–water partition coefficient (Wildman–Crippen LogP) is 4.03. The van der Waals surface area contributed by atoms with Crippen molar-refractivity contribution in [3.8, 4) is 0 Å². The molecule has 22 heavy (non-hydrogen) atoms. The minimum Gasteiger partial charge on any atom is -0.300 e. The van der Waals surface area contributed by atoms with Gasteiger partial charge in [-0.3, -0.25) is 9.69 Å². The molecular weight excluding hydrogens is 270 g/mol. The first-order valence-electron chi connectivity index (χ1n) is 8.95. The maximum absolute atomic E-state index is 12.2. The van der Waals surface area contributed by atoms with E-state index in [1.54, 1.807) is 0 Å². The normalized spacial score (nSPS) is 29.8. The zero-order valence-corrected chi connectivity index (χ0v) is 13.8. The van der Waals surface area contributed by atoms with E-state index >= 15 is 0 Å². The van der Waals surface area contributed by atoms with E-state index < -0.39 is 0 Å². The largest absolute Gasteiger partial charge is 0.300 e. The maximum Gasteiger partial charge on any atom is 0.136 e. The molecule has 3 aliphatic rings. The van der Waals surface area contributed by atoms with Crippen molar-refractivity contribution >= 4 is 5.78 Å². The first-order valence-corrected chi connectivity index (χ1v) is 8.95. The Balaban J connectivity index is 1.59. The second-order valence-corrected chi connectivity index (χ2v) is 7.85. The quantitative estimate of drug-likeness (QED) is 0.836. The monoisotopic (exact) mass is 297 g/mol. The van der Waals surface area contributed by atoms with Crippen LogP contribution in [0.5, 0.6) is 0 Å². The molecule has 4 rings (SSSR count). The van der Waals surface area contributed by atoms with Crippen molar-refractivity contribution in [2.24, 2.45) is 11.8 Å². The summed E-state index contributed by atoms with van der Waals surface area (Å²) >= 11 is 0. The van der Waals surface area contributed by atoms with Gasteiger partial charge in [0.05, 0.1) is 0 Å². The molecular formula is C20H27NO. The second kappa shape index (κ2) is 5.49. The van der Waals surface area contributed by atoms with E-state index in [9.17, 15) is 4.79 Å². The van der Waals surface area contributed by atoms with Gasteiger partial charge in [0.25, 0.3) is 0 Å². The number of hydrogen-bond donors (Lipinski definition) is 0. The minimum atomic E-state index is 0.519. The molecule has 2 aliphatic carbocycles. The van der Waals surface area contributed by atoms with Crippen LogP contribution in [-0.2, 0) is 11.3 Å². The molecule has 0 aromatic heterocycles. The lowest BCUT2D eigenvalue weighted by Crippen LogP contribution is -2.51. The van der Waals surface area contributed by atoms with E-state index in [-0.39, 0.29) is 0 Å². The van der Waals surface area contributed by atoms with E-state index in [4.69, 9.17) is 0 Å². The van der Waals surface area contributed by atoms with Crippen LogP contribution in [0.15, 0.2) is 18.2 Å². The second-order valence-electron chi connectivity index (χ2n) is 7.85. The van der Waals surface area contributed by atoms with Gasteiger partial charge in [-0.1, -0.05) is 18.2 Å². The van der Waals surface area contributed by atoms with Gasteiger partial charge in [0.15, 0.2) is 0 Å². The molecule has 1 aromatic carbocycles. The number of carbonyl (C=O) groups excluding carboxylic acids is 1. The van der Waals surface area contributed by atoms with Crippen LogP contribution in [0.3, 0.4) is 0 Å². The molecule has 0 N–H and O–H groups in total. The van der Waals surface area contributed by atoms with Crippen molar-refractivity contribution < 1.29 is 4.79 Å². The fraction of sp³-hybridized carbons (Fsp3) is 0.650. The van der Waals surface area contributed by atoms with Crippen molar-refractivity contribution in [3.05, 3.63) is 34.9 Å². The third-order valence-corrected chi connectivity index (χ3v) is 5.99. The first kappa shape index (κ1) is 14.4. The topological polar surface area (TPSA) is 20.3 Å². The average molecular weight is 297 g/mol. The number of benzene rings is 1. The highest BCUT2D eigenvalue weighted by Crippen LogP contribution is 2.46. The Labute approximate surface area is 133 Å². The third kappa shape index (κ3) is 2.86. The molecule has 2 unspecified atom stereocenters. The van der Waals surface area contributed by atoms with Crippen LogP contribution >= 0.6 is 0 Å². The first-order chi connectivity index (χ1) is 10.6. The molecule has 1 heterocycles. The van der Waals surface area contributed by atoms with Gasteiger partial charge < -0.3 is 0 Å². The summed E-state index contributed by atoms with van der Waals surface area (Å²) < 4.78 is 0. The Morgan fingerprint density at radius 3 is 2.05 bits per heavy atom. The van der Waals surface area contributed by atoms with E-state index in [1.807, 2.05) is 0 Å². The summed E-state index contributed by atoms with van der Waals surface area (Å²) in [6.07, 6.45) is 6.94. The zero-order chi connectivity index (χ0) is 15.3. The molecule has 118 valence electrons. The lowest BCUT2D eigenvalue weighted by molar-refractivity contribution is -0.126. The summed E-state index contributed by atoms with van der Waals surface area (Å²) in [5, 5.41) is 0. The highest BCUT2D eigenvalue weighted by Gasteiger charge is 2.47. The Morgan fingerprint density at radius 2 is 1.55 bits per heavy atom. The molecule has 1 aromatic rings. The van der Waals surface area contributed by atoms with Gasteiger partial charge in [-0.2, -0.15) is 0 Å². The summed E-state index contributed by atoms with van der Waals surface area (Å²) in [4.78, 5) is 14.9. The van der Waals surface area contributed by atoms with Crippen molar-refractivity contribution in [1.82, 2.24) is 4.90 Å². The Kier molecular flexibility index (Phi) is 3.60. The van der Waals surface area contributed by atoms with E-state index in [0.29, 0.717) is 17.9 Å². The summed E-state index contributed by atoms with van der Waals surface area (Å²) in [6.45, 7) is 5.42. The van der Waals surface area contributed by atoms with Crippen LogP contribution < -0.4 is 0 Å². The molecule has 1 saturated heterocycles. The summed E-state index contributed by atoms with van der Waals surface area (Å²) in [5.74, 6) is 2.10. The number of nitrogens with zero attached hydrogens (tertiary/aromatic N) is 1. The van der Waals surface area contributed by atoms with Crippen LogP contribution in [0.4, 0.5) is 0 Å². The number of rotatable bonds is 4. The highest BCUT2D eigenvalue weighted by atomic mass is 16.1. The fourth-order valence-corrected chi connectivity index (χ4v) is 4.21. The zero-order valence-electron chi connectivity index (χ0n) is 13.8. The van der Waals surface area contributed by atoms with Gasteiger partial charge in [-0.25, -0.2) is 0 Å². The summed E-state index contributed by atoms with van der Waals surface area (Å²) in [6, 6.07) is 7.92. The van der Waals surface area contributed by atoms with Crippen LogP contribution in [0, 0.1) is 25.7 Å². The number of piperidine rings is 1. The molecule has 0 spiro atoms. The van der Waals surface area contributed by atoms with Gasteiger partial charge in [0.1, 0.15) is 5.78 Å². The standard InChI is InChI=1S/C20H27NO/c1-13-3-4-15(9-14(13)2)12-21-19(16-5-6-16)10-18(22)11-20(21)17-7-8-17/h3-4,9,16-17,19-20H,5-8,10-12H2,1-2H3. The van der Waals surface area contributed by atoms with Gasteiger partial charge in [-0.05, 0) is 68.1 Å². The van der Waals surface area contributed by atoms with E-state index in [1.165, 1.54) is 42.4 Å². The predicted molar refractivity (Wildman–Crippen MR) is 88.7 cm³/mol. The highest BCUT2D eigenvalue weighted by molar-refractivity contribution is 5.80. The van der Waals surface area contributed by atoms with Crippen molar-refractivity contribution in [2.75, 3.05) is 0 Å². The number of hydrogen-bond acceptors (Lipinski definition) is 2. The van der Waals surface area contributed by atoms with Crippen LogP contribution in [-0.4, -0.2) is 22.8 Å². The molecule has 2 heteroatoms.